The van der Waals surface area contributed by atoms with E-state index < -0.39 is 29.9 Å². The van der Waals surface area contributed by atoms with Gasteiger partial charge in [-0.2, -0.15) is 5.26 Å². The molecule has 7 heteroatoms. The summed E-state index contributed by atoms with van der Waals surface area (Å²) in [5, 5.41) is 16.6. The molecule has 0 aromatic heterocycles. The Kier molecular flexibility index (Phi) is 3.74. The van der Waals surface area contributed by atoms with E-state index in [0.29, 0.717) is 0 Å². The molecule has 2 N–H and O–H groups in total. The van der Waals surface area contributed by atoms with Crippen molar-refractivity contribution in [3.05, 3.63) is 29.3 Å². The molecule has 84 valence electrons. The Morgan fingerprint density at radius 3 is 2.50 bits per heavy atom. The molecule has 0 aliphatic heterocycles. The topological polar surface area (TPSA) is 82.3 Å². The van der Waals surface area contributed by atoms with Crippen LogP contribution in [0.5, 0.6) is 0 Å². The fraction of sp³-hybridized carbons (Fsp3) is 0.111. The molecule has 0 unspecified atom stereocenters. The van der Waals surface area contributed by atoms with Crippen molar-refractivity contribution in [2.45, 2.75) is 0 Å². The fourth-order valence-electron chi connectivity index (χ4n) is 0.905. The van der Waals surface area contributed by atoms with Gasteiger partial charge in [-0.1, -0.05) is 0 Å². The van der Waals surface area contributed by atoms with Gasteiger partial charge in [-0.3, -0.25) is 10.3 Å². The lowest BCUT2D eigenvalue weighted by Gasteiger charge is -2.07. The van der Waals surface area contributed by atoms with E-state index >= 15 is 0 Å². The number of hydrogen-bond acceptors (Lipinski definition) is 4. The summed E-state index contributed by atoms with van der Waals surface area (Å²) < 4.78 is 26.3. The molecular formula is C9H6F2N2O3. The van der Waals surface area contributed by atoms with Crippen molar-refractivity contribution in [1.29, 1.82) is 5.26 Å². The van der Waals surface area contributed by atoms with Gasteiger partial charge in [0.05, 0.1) is 11.6 Å². The highest BCUT2D eigenvalue weighted by Crippen LogP contribution is 2.20. The molecule has 0 saturated heterocycles. The highest BCUT2D eigenvalue weighted by Gasteiger charge is 2.11. The molecule has 1 aromatic carbocycles. The van der Waals surface area contributed by atoms with E-state index in [2.05, 4.69) is 4.84 Å². The van der Waals surface area contributed by atoms with Crippen molar-refractivity contribution in [1.82, 2.24) is 0 Å². The summed E-state index contributed by atoms with van der Waals surface area (Å²) >= 11 is 0. The zero-order valence-electron chi connectivity index (χ0n) is 7.83. The van der Waals surface area contributed by atoms with E-state index in [4.69, 9.17) is 10.4 Å². The predicted molar refractivity (Wildman–Crippen MR) is 48.3 cm³/mol. The first kappa shape index (κ1) is 11.9. The van der Waals surface area contributed by atoms with E-state index in [9.17, 15) is 13.6 Å². The predicted octanol–water partition coefficient (Wildman–Crippen LogP) is 1.26. The van der Waals surface area contributed by atoms with Crippen LogP contribution in [-0.4, -0.2) is 17.7 Å². The minimum Gasteiger partial charge on any atom is -0.479 e. The Morgan fingerprint density at radius 1 is 1.50 bits per heavy atom. The lowest BCUT2D eigenvalue weighted by Crippen LogP contribution is -2.13. The van der Waals surface area contributed by atoms with Gasteiger partial charge in [0.25, 0.3) is 0 Å². The fourth-order valence-corrected chi connectivity index (χ4v) is 0.905. The van der Waals surface area contributed by atoms with E-state index in [-0.39, 0.29) is 5.56 Å². The normalized spacial score (nSPS) is 9.56. The largest absolute Gasteiger partial charge is 0.479 e. The number of carbonyl (C=O) groups is 1. The number of anilines is 1. The first-order chi connectivity index (χ1) is 7.54. The van der Waals surface area contributed by atoms with Crippen LogP contribution in [0.3, 0.4) is 0 Å². The van der Waals surface area contributed by atoms with Gasteiger partial charge in [-0.15, -0.1) is 0 Å². The van der Waals surface area contributed by atoms with Crippen LogP contribution in [-0.2, 0) is 9.63 Å². The highest BCUT2D eigenvalue weighted by atomic mass is 19.1. The summed E-state index contributed by atoms with van der Waals surface area (Å²) in [6.07, 6.45) is 0. The maximum atomic E-state index is 13.1. The number of nitriles is 1. The third-order valence-electron chi connectivity index (χ3n) is 1.54. The van der Waals surface area contributed by atoms with Gasteiger partial charge < -0.3 is 5.11 Å². The second-order valence-corrected chi connectivity index (χ2v) is 2.71. The number of nitrogens with zero attached hydrogens (tertiary/aromatic N) is 1. The second kappa shape index (κ2) is 5.04. The first-order valence-corrected chi connectivity index (χ1v) is 4.03. The minimum atomic E-state index is -1.29. The van der Waals surface area contributed by atoms with Gasteiger partial charge in [0.1, 0.15) is 5.69 Å². The number of carboxylic acid groups (broad SMARTS) is 1. The lowest BCUT2D eigenvalue weighted by molar-refractivity contribution is -0.141. The van der Waals surface area contributed by atoms with Crippen LogP contribution in [0, 0.1) is 23.0 Å². The van der Waals surface area contributed by atoms with E-state index in [0.717, 1.165) is 12.1 Å². The Hall–Kier alpha value is -2.20. The second-order valence-electron chi connectivity index (χ2n) is 2.71. The molecule has 1 rings (SSSR count). The van der Waals surface area contributed by atoms with Gasteiger partial charge in [0.2, 0.25) is 0 Å². The van der Waals surface area contributed by atoms with Crippen LogP contribution in [0.15, 0.2) is 12.1 Å². The summed E-state index contributed by atoms with van der Waals surface area (Å²) in [4.78, 5) is 14.4. The van der Waals surface area contributed by atoms with Crippen molar-refractivity contribution < 1.29 is 23.5 Å². The molecule has 0 aliphatic rings. The maximum Gasteiger partial charge on any atom is 0.332 e. The molecule has 0 amide bonds. The molecule has 0 heterocycles. The molecule has 0 saturated carbocycles. The van der Waals surface area contributed by atoms with Gasteiger partial charge >= 0.3 is 5.97 Å². The Morgan fingerprint density at radius 2 is 2.06 bits per heavy atom. The Labute approximate surface area is 88.8 Å². The average Bonchev–Trinajstić information content (AvgIpc) is 2.21. The van der Waals surface area contributed by atoms with Crippen LogP contribution in [0.2, 0.25) is 0 Å². The average molecular weight is 228 g/mol. The highest BCUT2D eigenvalue weighted by molar-refractivity contribution is 5.68. The van der Waals surface area contributed by atoms with E-state index in [1.165, 1.54) is 0 Å². The zero-order chi connectivity index (χ0) is 12.1. The number of carboxylic acids is 1. The van der Waals surface area contributed by atoms with Gasteiger partial charge in [0.15, 0.2) is 18.2 Å². The molecule has 16 heavy (non-hydrogen) atoms. The third kappa shape index (κ3) is 2.90. The molecule has 0 spiro atoms. The number of benzene rings is 1. The van der Waals surface area contributed by atoms with Gasteiger partial charge in [0, 0.05) is 0 Å². The number of aliphatic carboxylic acids is 1. The smallest absolute Gasteiger partial charge is 0.332 e. The first-order valence-electron chi connectivity index (χ1n) is 4.03. The monoisotopic (exact) mass is 228 g/mol. The van der Waals surface area contributed by atoms with Gasteiger partial charge in [-0.25, -0.2) is 13.6 Å². The SMILES string of the molecule is N#Cc1cc(F)c(NOCC(=O)O)c(F)c1. The van der Waals surface area contributed by atoms with Crippen LogP contribution in [0.4, 0.5) is 14.5 Å². The van der Waals surface area contributed by atoms with E-state index in [1.807, 2.05) is 5.48 Å². The minimum absolute atomic E-state index is 0.182. The summed E-state index contributed by atoms with van der Waals surface area (Å²) in [7, 11) is 0. The molecule has 1 aromatic rings. The number of halogens is 2. The van der Waals surface area contributed by atoms with Crippen LogP contribution in [0.25, 0.3) is 0 Å². The number of nitrogens with one attached hydrogen (secondary N) is 1. The molecule has 5 nitrogen and oxygen atoms in total. The Bertz CT molecular complexity index is 434. The number of rotatable bonds is 4. The molecule has 0 fully saturated rings. The van der Waals surface area contributed by atoms with Crippen LogP contribution >= 0.6 is 0 Å². The summed E-state index contributed by atoms with van der Waals surface area (Å²) in [5.74, 6) is -3.37. The lowest BCUT2D eigenvalue weighted by atomic mass is 10.2. The van der Waals surface area contributed by atoms with Crippen molar-refractivity contribution in [3.63, 3.8) is 0 Å². The van der Waals surface area contributed by atoms with Crippen molar-refractivity contribution in [2.24, 2.45) is 0 Å². The summed E-state index contributed by atoms with van der Waals surface area (Å²) in [6.45, 7) is -0.751. The summed E-state index contributed by atoms with van der Waals surface area (Å²) in [6, 6.07) is 3.17. The van der Waals surface area contributed by atoms with Crippen LogP contribution in [0.1, 0.15) is 5.56 Å². The molecule has 0 bridgehead atoms. The standard InChI is InChI=1S/C9H6F2N2O3/c10-6-1-5(3-12)2-7(11)9(6)13-16-4-8(14)15/h1-2,13H,4H2,(H,14,15). The zero-order valence-corrected chi connectivity index (χ0v) is 7.83. The van der Waals surface area contributed by atoms with Crippen molar-refractivity contribution >= 4 is 11.7 Å². The third-order valence-corrected chi connectivity index (χ3v) is 1.54. The number of hydrogen-bond donors (Lipinski definition) is 2. The Balaban J connectivity index is 2.81. The van der Waals surface area contributed by atoms with E-state index in [1.54, 1.807) is 6.07 Å². The quantitative estimate of drug-likeness (QED) is 0.758. The van der Waals surface area contributed by atoms with Crippen LogP contribution < -0.4 is 5.48 Å². The molecule has 0 aliphatic carbocycles. The van der Waals surface area contributed by atoms with Crippen molar-refractivity contribution in [3.8, 4) is 6.07 Å². The summed E-state index contributed by atoms with van der Waals surface area (Å²) in [5.41, 5.74) is 1.00. The molecule has 0 atom stereocenters. The van der Waals surface area contributed by atoms with Gasteiger partial charge in [-0.05, 0) is 12.1 Å². The molecule has 0 radical (unpaired) electrons. The molecular weight excluding hydrogens is 222 g/mol. The maximum absolute atomic E-state index is 13.1. The van der Waals surface area contributed by atoms with Crippen molar-refractivity contribution in [2.75, 3.05) is 12.1 Å².